The lowest BCUT2D eigenvalue weighted by Crippen LogP contribution is -1.90. The predicted octanol–water partition coefficient (Wildman–Crippen LogP) is 4.54. The largest absolute Gasteiger partial charge is 0.493 e. The molecule has 0 fully saturated rings. The number of hydrogen-bond acceptors (Lipinski definition) is 5. The van der Waals surface area contributed by atoms with Gasteiger partial charge in [-0.3, -0.25) is 0 Å². The van der Waals surface area contributed by atoms with Gasteiger partial charge in [-0.05, 0) is 18.2 Å². The van der Waals surface area contributed by atoms with Crippen LogP contribution in [0.15, 0.2) is 48.5 Å². The highest BCUT2D eigenvalue weighted by atomic mass is 32.1. The fourth-order valence-corrected chi connectivity index (χ4v) is 3.31. The molecular formula is C18H18N2O2S. The van der Waals surface area contributed by atoms with E-state index < -0.39 is 0 Å². The molecule has 118 valence electrons. The number of methoxy groups -OCH3 is 2. The predicted molar refractivity (Wildman–Crippen MR) is 95.6 cm³/mol. The van der Waals surface area contributed by atoms with Crippen molar-refractivity contribution in [1.82, 2.24) is 4.98 Å². The van der Waals surface area contributed by atoms with Crippen molar-refractivity contribution in [2.24, 2.45) is 0 Å². The summed E-state index contributed by atoms with van der Waals surface area (Å²) in [6.07, 6.45) is 0. The van der Waals surface area contributed by atoms with Crippen LogP contribution in [0.1, 0.15) is 0 Å². The molecule has 0 saturated heterocycles. The fraction of sp³-hybridized carbons (Fsp3) is 0.167. The number of thiazole rings is 1. The van der Waals surface area contributed by atoms with Crippen LogP contribution in [-0.4, -0.2) is 26.3 Å². The van der Waals surface area contributed by atoms with E-state index in [1.807, 2.05) is 43.4 Å². The highest BCUT2D eigenvalue weighted by Crippen LogP contribution is 2.40. The second kappa shape index (κ2) is 6.71. The minimum Gasteiger partial charge on any atom is -0.493 e. The lowest BCUT2D eigenvalue weighted by Gasteiger charge is -2.08. The van der Waals surface area contributed by atoms with E-state index in [9.17, 15) is 0 Å². The summed E-state index contributed by atoms with van der Waals surface area (Å²) in [6.45, 7) is 0. The van der Waals surface area contributed by atoms with Crippen LogP contribution in [0, 0.1) is 0 Å². The van der Waals surface area contributed by atoms with Gasteiger partial charge in [0.1, 0.15) is 15.7 Å². The molecule has 1 heterocycles. The van der Waals surface area contributed by atoms with Crippen molar-refractivity contribution in [3.05, 3.63) is 48.5 Å². The van der Waals surface area contributed by atoms with Crippen LogP contribution in [0.2, 0.25) is 0 Å². The van der Waals surface area contributed by atoms with Gasteiger partial charge in [0.05, 0.1) is 14.2 Å². The SMILES string of the molecule is CNc1sc(-c2ccc(OC)c(OC)c2)nc1-c1ccccc1. The molecule has 2 aromatic carbocycles. The van der Waals surface area contributed by atoms with Crippen LogP contribution in [0.3, 0.4) is 0 Å². The summed E-state index contributed by atoms with van der Waals surface area (Å²) in [6, 6.07) is 16.0. The molecule has 0 aliphatic heterocycles. The van der Waals surface area contributed by atoms with Gasteiger partial charge in [0.25, 0.3) is 0 Å². The second-order valence-electron chi connectivity index (χ2n) is 4.88. The van der Waals surface area contributed by atoms with Crippen LogP contribution in [0.5, 0.6) is 11.5 Å². The Labute approximate surface area is 139 Å². The van der Waals surface area contributed by atoms with Gasteiger partial charge in [-0.15, -0.1) is 0 Å². The molecular weight excluding hydrogens is 308 g/mol. The summed E-state index contributed by atoms with van der Waals surface area (Å²) >= 11 is 1.62. The van der Waals surface area contributed by atoms with Gasteiger partial charge in [-0.2, -0.15) is 0 Å². The van der Waals surface area contributed by atoms with E-state index in [2.05, 4.69) is 17.4 Å². The quantitative estimate of drug-likeness (QED) is 0.748. The van der Waals surface area contributed by atoms with E-state index in [0.29, 0.717) is 11.5 Å². The molecule has 0 spiro atoms. The van der Waals surface area contributed by atoms with Crippen molar-refractivity contribution in [2.75, 3.05) is 26.6 Å². The van der Waals surface area contributed by atoms with E-state index in [1.54, 1.807) is 25.6 Å². The van der Waals surface area contributed by atoms with Crippen molar-refractivity contribution in [2.45, 2.75) is 0 Å². The third-order valence-electron chi connectivity index (χ3n) is 3.53. The molecule has 3 rings (SSSR count). The van der Waals surface area contributed by atoms with Crippen LogP contribution in [0.25, 0.3) is 21.8 Å². The number of nitrogens with zero attached hydrogens (tertiary/aromatic N) is 1. The summed E-state index contributed by atoms with van der Waals surface area (Å²) in [7, 11) is 5.18. The Balaban J connectivity index is 2.06. The van der Waals surface area contributed by atoms with Gasteiger partial charge < -0.3 is 14.8 Å². The van der Waals surface area contributed by atoms with Crippen molar-refractivity contribution < 1.29 is 9.47 Å². The van der Waals surface area contributed by atoms with E-state index in [1.165, 1.54) is 0 Å². The van der Waals surface area contributed by atoms with Gasteiger partial charge in [0.15, 0.2) is 11.5 Å². The molecule has 0 aliphatic carbocycles. The van der Waals surface area contributed by atoms with Crippen molar-refractivity contribution in [1.29, 1.82) is 0 Å². The minimum atomic E-state index is 0.701. The molecule has 3 aromatic rings. The molecule has 1 aromatic heterocycles. The molecule has 23 heavy (non-hydrogen) atoms. The summed E-state index contributed by atoms with van der Waals surface area (Å²) < 4.78 is 10.7. The monoisotopic (exact) mass is 326 g/mol. The van der Waals surface area contributed by atoms with Crippen molar-refractivity contribution >= 4 is 16.3 Å². The maximum Gasteiger partial charge on any atom is 0.161 e. The molecule has 0 unspecified atom stereocenters. The lowest BCUT2D eigenvalue weighted by atomic mass is 10.1. The van der Waals surface area contributed by atoms with Gasteiger partial charge in [0.2, 0.25) is 0 Å². The van der Waals surface area contributed by atoms with E-state index in [-0.39, 0.29) is 0 Å². The number of benzene rings is 2. The first kappa shape index (κ1) is 15.4. The molecule has 0 radical (unpaired) electrons. The zero-order valence-electron chi connectivity index (χ0n) is 13.3. The van der Waals surface area contributed by atoms with Crippen molar-refractivity contribution in [3.8, 4) is 33.3 Å². The zero-order chi connectivity index (χ0) is 16.2. The molecule has 1 N–H and O–H groups in total. The maximum atomic E-state index is 5.38. The van der Waals surface area contributed by atoms with Crippen LogP contribution >= 0.6 is 11.3 Å². The average molecular weight is 326 g/mol. The molecule has 5 heteroatoms. The Hall–Kier alpha value is -2.53. The first-order chi connectivity index (χ1) is 11.3. The molecule has 0 amide bonds. The minimum absolute atomic E-state index is 0.701. The summed E-state index contributed by atoms with van der Waals surface area (Å²) in [4.78, 5) is 4.81. The maximum absolute atomic E-state index is 5.38. The van der Waals surface area contributed by atoms with E-state index >= 15 is 0 Å². The Bertz CT molecular complexity index is 800. The average Bonchev–Trinajstić information content (AvgIpc) is 3.06. The second-order valence-corrected chi connectivity index (χ2v) is 5.88. The zero-order valence-corrected chi connectivity index (χ0v) is 14.1. The number of ether oxygens (including phenoxy) is 2. The smallest absolute Gasteiger partial charge is 0.161 e. The van der Waals surface area contributed by atoms with Gasteiger partial charge in [-0.1, -0.05) is 41.7 Å². The highest BCUT2D eigenvalue weighted by Gasteiger charge is 2.15. The topological polar surface area (TPSA) is 43.4 Å². The highest BCUT2D eigenvalue weighted by molar-refractivity contribution is 7.19. The van der Waals surface area contributed by atoms with E-state index in [0.717, 1.165) is 26.8 Å². The number of nitrogens with one attached hydrogen (secondary N) is 1. The van der Waals surface area contributed by atoms with Gasteiger partial charge in [-0.25, -0.2) is 4.98 Å². The number of hydrogen-bond donors (Lipinski definition) is 1. The lowest BCUT2D eigenvalue weighted by molar-refractivity contribution is 0.355. The molecule has 4 nitrogen and oxygen atoms in total. The number of aromatic nitrogens is 1. The third kappa shape index (κ3) is 3.00. The van der Waals surface area contributed by atoms with E-state index in [4.69, 9.17) is 14.5 Å². The van der Waals surface area contributed by atoms with Crippen LogP contribution in [0.4, 0.5) is 5.00 Å². The Morgan fingerprint density at radius 2 is 1.65 bits per heavy atom. The third-order valence-corrected chi connectivity index (χ3v) is 4.65. The molecule has 0 aliphatic rings. The Morgan fingerprint density at radius 1 is 0.913 bits per heavy atom. The fourth-order valence-electron chi connectivity index (χ4n) is 2.37. The van der Waals surface area contributed by atoms with Gasteiger partial charge >= 0.3 is 0 Å². The number of rotatable bonds is 5. The Morgan fingerprint density at radius 3 is 2.30 bits per heavy atom. The normalized spacial score (nSPS) is 10.4. The first-order valence-corrected chi connectivity index (χ1v) is 8.05. The molecule has 0 saturated carbocycles. The molecule has 0 bridgehead atoms. The summed E-state index contributed by atoms with van der Waals surface area (Å²) in [5, 5.41) is 5.22. The standard InChI is InChI=1S/C18H18N2O2S/c1-19-18-16(12-7-5-4-6-8-12)20-17(23-18)13-9-10-14(21-2)15(11-13)22-3/h4-11,19H,1-3H3. The molecule has 0 atom stereocenters. The summed E-state index contributed by atoms with van der Waals surface area (Å²) in [5.74, 6) is 1.41. The van der Waals surface area contributed by atoms with Crippen LogP contribution in [-0.2, 0) is 0 Å². The first-order valence-electron chi connectivity index (χ1n) is 7.23. The Kier molecular flexibility index (Phi) is 4.48. The number of anilines is 1. The summed E-state index contributed by atoms with van der Waals surface area (Å²) in [5.41, 5.74) is 3.06. The van der Waals surface area contributed by atoms with Crippen LogP contribution < -0.4 is 14.8 Å². The van der Waals surface area contributed by atoms with Gasteiger partial charge in [0, 0.05) is 18.2 Å². The van der Waals surface area contributed by atoms with Crippen molar-refractivity contribution in [3.63, 3.8) is 0 Å².